The molecule has 0 saturated heterocycles. The lowest BCUT2D eigenvalue weighted by molar-refractivity contribution is 0.703. The van der Waals surface area contributed by atoms with Crippen molar-refractivity contribution in [2.75, 3.05) is 7.05 Å². The second-order valence-electron chi connectivity index (χ2n) is 3.88. The fourth-order valence-electron chi connectivity index (χ4n) is 1.79. The molecule has 0 spiro atoms. The Morgan fingerprint density at radius 2 is 2.12 bits per heavy atom. The Hall–Kier alpha value is -0.350. The van der Waals surface area contributed by atoms with Crippen molar-refractivity contribution in [3.05, 3.63) is 55.1 Å². The van der Waals surface area contributed by atoms with Gasteiger partial charge in [-0.15, -0.1) is 11.3 Å². The van der Waals surface area contributed by atoms with E-state index in [1.54, 1.807) is 11.3 Å². The van der Waals surface area contributed by atoms with Gasteiger partial charge in [-0.3, -0.25) is 0 Å². The topological polar surface area (TPSA) is 12.0 Å². The van der Waals surface area contributed by atoms with E-state index >= 15 is 0 Å². The third-order valence-electron chi connectivity index (χ3n) is 2.63. The predicted molar refractivity (Wildman–Crippen MR) is 79.1 cm³/mol. The molecule has 0 aliphatic carbocycles. The lowest BCUT2D eigenvalue weighted by atomic mass is 10.1. The quantitative estimate of drug-likeness (QED) is 0.854. The third-order valence-corrected chi connectivity index (χ3v) is 5.07. The van der Waals surface area contributed by atoms with Crippen LogP contribution in [0.5, 0.6) is 0 Å². The molecule has 1 unspecified atom stereocenters. The highest BCUT2D eigenvalue weighted by atomic mass is 79.9. The Morgan fingerprint density at radius 1 is 1.35 bits per heavy atom. The minimum absolute atomic E-state index is 0.198. The largest absolute Gasteiger partial charge is 0.309 e. The van der Waals surface area contributed by atoms with Crippen molar-refractivity contribution in [3.63, 3.8) is 0 Å². The molecule has 0 bridgehead atoms. The normalized spacial score (nSPS) is 12.7. The summed E-state index contributed by atoms with van der Waals surface area (Å²) in [5.41, 5.74) is 2.46. The monoisotopic (exact) mass is 329 g/mol. The smallest absolute Gasteiger partial charge is 0.0731 e. The first kappa shape index (κ1) is 13.1. The van der Waals surface area contributed by atoms with Gasteiger partial charge in [0.1, 0.15) is 0 Å². The molecule has 0 saturated carbocycles. The Morgan fingerprint density at radius 3 is 2.65 bits per heavy atom. The summed E-state index contributed by atoms with van der Waals surface area (Å²) >= 11 is 11.4. The molecule has 0 radical (unpaired) electrons. The van der Waals surface area contributed by atoms with E-state index in [1.807, 2.05) is 25.2 Å². The van der Waals surface area contributed by atoms with Crippen LogP contribution in [0.1, 0.15) is 22.0 Å². The average Bonchev–Trinajstić information content (AvgIpc) is 2.60. The molecule has 1 N–H and O–H groups in total. The zero-order valence-corrected chi connectivity index (χ0v) is 12.8. The summed E-state index contributed by atoms with van der Waals surface area (Å²) in [5, 5.41) is 4.11. The first-order valence-electron chi connectivity index (χ1n) is 5.30. The molecule has 2 rings (SSSR count). The van der Waals surface area contributed by atoms with E-state index in [9.17, 15) is 0 Å². The summed E-state index contributed by atoms with van der Waals surface area (Å²) in [6, 6.07) is 10.4. The Kier molecular flexibility index (Phi) is 4.26. The Bertz CT molecular complexity index is 504. The molecule has 90 valence electrons. The second-order valence-corrected chi connectivity index (χ2v) is 6.72. The summed E-state index contributed by atoms with van der Waals surface area (Å²) < 4.78 is 1.19. The van der Waals surface area contributed by atoms with Crippen LogP contribution in [-0.2, 0) is 0 Å². The minimum atomic E-state index is 0.198. The highest BCUT2D eigenvalue weighted by molar-refractivity contribution is 9.11. The molecule has 1 atom stereocenters. The number of benzene rings is 1. The van der Waals surface area contributed by atoms with Crippen LogP contribution in [0.15, 0.2) is 34.1 Å². The maximum Gasteiger partial charge on any atom is 0.0731 e. The zero-order valence-electron chi connectivity index (χ0n) is 9.63. The Labute approximate surface area is 119 Å². The molecule has 17 heavy (non-hydrogen) atoms. The van der Waals surface area contributed by atoms with Gasteiger partial charge in [0.25, 0.3) is 0 Å². The lowest BCUT2D eigenvalue weighted by Gasteiger charge is -2.15. The van der Waals surface area contributed by atoms with Gasteiger partial charge in [0.05, 0.1) is 9.83 Å². The van der Waals surface area contributed by atoms with Gasteiger partial charge in [0.15, 0.2) is 0 Å². The molecular formula is C13H13BrClNS. The average molecular weight is 331 g/mol. The molecular weight excluding hydrogens is 318 g/mol. The number of halogens is 2. The van der Waals surface area contributed by atoms with E-state index < -0.39 is 0 Å². The summed E-state index contributed by atoms with van der Waals surface area (Å²) in [7, 11) is 1.97. The van der Waals surface area contributed by atoms with Crippen LogP contribution in [0, 0.1) is 6.92 Å². The molecule has 0 aliphatic rings. The number of thiophene rings is 1. The van der Waals surface area contributed by atoms with Crippen molar-refractivity contribution in [1.82, 2.24) is 5.32 Å². The number of hydrogen-bond acceptors (Lipinski definition) is 2. The number of hydrogen-bond donors (Lipinski definition) is 1. The summed E-state index contributed by atoms with van der Waals surface area (Å²) in [6.45, 7) is 2.11. The van der Waals surface area contributed by atoms with Crippen LogP contribution in [0.3, 0.4) is 0 Å². The number of rotatable bonds is 3. The highest BCUT2D eigenvalue weighted by Crippen LogP contribution is 2.34. The molecule has 0 aliphatic heterocycles. The van der Waals surface area contributed by atoms with Gasteiger partial charge in [0.2, 0.25) is 0 Å². The van der Waals surface area contributed by atoms with Crippen molar-refractivity contribution >= 4 is 38.9 Å². The van der Waals surface area contributed by atoms with E-state index in [2.05, 4.69) is 40.3 Å². The van der Waals surface area contributed by atoms with Gasteiger partial charge in [0, 0.05) is 9.90 Å². The Balaban J connectivity index is 2.39. The molecule has 1 nitrogen and oxygen atoms in total. The van der Waals surface area contributed by atoms with Crippen molar-refractivity contribution in [2.45, 2.75) is 13.0 Å². The third kappa shape index (κ3) is 2.91. The predicted octanol–water partition coefficient (Wildman–Crippen LogP) is 4.78. The van der Waals surface area contributed by atoms with Gasteiger partial charge >= 0.3 is 0 Å². The maximum atomic E-state index is 6.04. The van der Waals surface area contributed by atoms with Gasteiger partial charge in [-0.2, -0.15) is 0 Å². The van der Waals surface area contributed by atoms with E-state index in [4.69, 9.17) is 11.6 Å². The molecule has 4 heteroatoms. The molecule has 1 aromatic carbocycles. The van der Waals surface area contributed by atoms with Crippen LogP contribution in [0.4, 0.5) is 0 Å². The van der Waals surface area contributed by atoms with E-state index in [1.165, 1.54) is 19.8 Å². The van der Waals surface area contributed by atoms with E-state index in [-0.39, 0.29) is 6.04 Å². The highest BCUT2D eigenvalue weighted by Gasteiger charge is 2.15. The van der Waals surface area contributed by atoms with E-state index in [0.717, 1.165) is 5.02 Å². The first-order valence-corrected chi connectivity index (χ1v) is 7.29. The van der Waals surface area contributed by atoms with Crippen LogP contribution in [0.25, 0.3) is 0 Å². The SMILES string of the molecule is CNC(c1cccc(Cl)c1)c1cc(C)c(Br)s1. The van der Waals surface area contributed by atoms with Crippen molar-refractivity contribution in [3.8, 4) is 0 Å². The summed E-state index contributed by atoms with van der Waals surface area (Å²) in [5.74, 6) is 0. The molecule has 0 amide bonds. The van der Waals surface area contributed by atoms with Crippen LogP contribution in [0.2, 0.25) is 5.02 Å². The molecule has 1 heterocycles. The number of nitrogens with one attached hydrogen (secondary N) is 1. The van der Waals surface area contributed by atoms with Crippen molar-refractivity contribution in [1.29, 1.82) is 0 Å². The minimum Gasteiger partial charge on any atom is -0.309 e. The standard InChI is InChI=1S/C13H13BrClNS/c1-8-6-11(17-13(8)14)12(16-2)9-4-3-5-10(15)7-9/h3-7,12,16H,1-2H3. The zero-order chi connectivity index (χ0) is 12.4. The van der Waals surface area contributed by atoms with Gasteiger partial charge < -0.3 is 5.32 Å². The van der Waals surface area contributed by atoms with Crippen LogP contribution < -0.4 is 5.32 Å². The fourth-order valence-corrected chi connectivity index (χ4v) is 3.69. The van der Waals surface area contributed by atoms with Crippen LogP contribution in [-0.4, -0.2) is 7.05 Å². The molecule has 2 aromatic rings. The summed E-state index contributed by atoms with van der Waals surface area (Å²) in [4.78, 5) is 1.29. The first-order chi connectivity index (χ1) is 8.11. The second kappa shape index (κ2) is 5.53. The van der Waals surface area contributed by atoms with Crippen molar-refractivity contribution < 1.29 is 0 Å². The van der Waals surface area contributed by atoms with E-state index in [0.29, 0.717) is 0 Å². The number of aryl methyl sites for hydroxylation is 1. The fraction of sp³-hybridized carbons (Fsp3) is 0.231. The lowest BCUT2D eigenvalue weighted by Crippen LogP contribution is -2.16. The van der Waals surface area contributed by atoms with Gasteiger partial charge in [-0.1, -0.05) is 23.7 Å². The molecule has 0 fully saturated rings. The van der Waals surface area contributed by atoms with Gasteiger partial charge in [-0.25, -0.2) is 0 Å². The van der Waals surface area contributed by atoms with Gasteiger partial charge in [-0.05, 0) is 59.2 Å². The summed E-state index contributed by atoms with van der Waals surface area (Å²) in [6.07, 6.45) is 0. The molecule has 1 aromatic heterocycles. The maximum absolute atomic E-state index is 6.04. The van der Waals surface area contributed by atoms with Crippen molar-refractivity contribution in [2.24, 2.45) is 0 Å². The van der Waals surface area contributed by atoms with Crippen LogP contribution >= 0.6 is 38.9 Å².